The molecule has 24 heavy (non-hydrogen) atoms. The van der Waals surface area contributed by atoms with Gasteiger partial charge in [0.25, 0.3) is 0 Å². The number of nitrogens with zero attached hydrogens (tertiary/aromatic N) is 2. The SMILES string of the molecule is CCOC(=O)c1cccc(-n2nc(C(F)(F)F)c3c2CCCC3)c1. The van der Waals surface area contributed by atoms with E-state index < -0.39 is 17.8 Å². The van der Waals surface area contributed by atoms with E-state index in [0.29, 0.717) is 29.8 Å². The number of carbonyl (C=O) groups is 1. The zero-order chi connectivity index (χ0) is 17.3. The Morgan fingerprint density at radius 1 is 1.29 bits per heavy atom. The van der Waals surface area contributed by atoms with E-state index in [1.807, 2.05) is 0 Å². The lowest BCUT2D eigenvalue weighted by atomic mass is 9.95. The molecule has 128 valence electrons. The minimum absolute atomic E-state index is 0.235. The Balaban J connectivity index is 2.08. The smallest absolute Gasteiger partial charge is 0.435 e. The highest BCUT2D eigenvalue weighted by atomic mass is 19.4. The standard InChI is InChI=1S/C17H17F3N2O2/c1-2-24-16(23)11-6-5-7-12(10-11)22-14-9-4-3-8-13(14)15(21-22)17(18,19)20/h5-7,10H,2-4,8-9H2,1H3. The minimum atomic E-state index is -4.48. The third-order valence-corrected chi connectivity index (χ3v) is 4.05. The molecule has 4 nitrogen and oxygen atoms in total. The van der Waals surface area contributed by atoms with Crippen molar-refractivity contribution in [1.82, 2.24) is 9.78 Å². The summed E-state index contributed by atoms with van der Waals surface area (Å²) in [6.07, 6.45) is -2.01. The molecule has 0 atom stereocenters. The van der Waals surface area contributed by atoms with E-state index in [9.17, 15) is 18.0 Å². The van der Waals surface area contributed by atoms with Gasteiger partial charge in [-0.2, -0.15) is 18.3 Å². The Bertz CT molecular complexity index is 766. The summed E-state index contributed by atoms with van der Waals surface area (Å²) in [5.41, 5.74) is 0.765. The van der Waals surface area contributed by atoms with Crippen molar-refractivity contribution in [2.24, 2.45) is 0 Å². The summed E-state index contributed by atoms with van der Waals surface area (Å²) >= 11 is 0. The third kappa shape index (κ3) is 3.02. The van der Waals surface area contributed by atoms with Crippen LogP contribution >= 0.6 is 0 Å². The molecule has 0 aliphatic heterocycles. The maximum atomic E-state index is 13.3. The van der Waals surface area contributed by atoms with E-state index in [2.05, 4.69) is 5.10 Å². The number of benzene rings is 1. The maximum absolute atomic E-state index is 13.3. The van der Waals surface area contributed by atoms with Crippen LogP contribution in [-0.4, -0.2) is 22.4 Å². The Kier molecular flexibility index (Phi) is 4.34. The molecule has 0 spiro atoms. The molecule has 0 unspecified atom stereocenters. The van der Waals surface area contributed by atoms with Crippen LogP contribution < -0.4 is 0 Å². The number of hydrogen-bond donors (Lipinski definition) is 0. The second-order valence-corrected chi connectivity index (χ2v) is 5.66. The summed E-state index contributed by atoms with van der Waals surface area (Å²) < 4.78 is 46.1. The van der Waals surface area contributed by atoms with Gasteiger partial charge in [-0.25, -0.2) is 9.48 Å². The van der Waals surface area contributed by atoms with Crippen LogP contribution in [-0.2, 0) is 23.8 Å². The topological polar surface area (TPSA) is 44.1 Å². The molecule has 1 heterocycles. The van der Waals surface area contributed by atoms with Gasteiger partial charge in [0.1, 0.15) is 0 Å². The maximum Gasteiger partial charge on any atom is 0.435 e. The molecule has 0 amide bonds. The van der Waals surface area contributed by atoms with Crippen LogP contribution in [0.2, 0.25) is 0 Å². The fourth-order valence-electron chi connectivity index (χ4n) is 3.02. The predicted molar refractivity (Wildman–Crippen MR) is 81.2 cm³/mol. The summed E-state index contributed by atoms with van der Waals surface area (Å²) in [6, 6.07) is 6.35. The van der Waals surface area contributed by atoms with Crippen molar-refractivity contribution in [1.29, 1.82) is 0 Å². The van der Waals surface area contributed by atoms with E-state index in [0.717, 1.165) is 12.8 Å². The van der Waals surface area contributed by atoms with Gasteiger partial charge in [0.15, 0.2) is 5.69 Å². The molecule has 1 aliphatic rings. The van der Waals surface area contributed by atoms with Crippen LogP contribution in [0.5, 0.6) is 0 Å². The fraction of sp³-hybridized carbons (Fsp3) is 0.412. The van der Waals surface area contributed by atoms with E-state index in [4.69, 9.17) is 4.74 Å². The zero-order valence-electron chi connectivity index (χ0n) is 13.2. The predicted octanol–water partition coefficient (Wildman–Crippen LogP) is 3.95. The van der Waals surface area contributed by atoms with Gasteiger partial charge in [-0.15, -0.1) is 0 Å². The number of carbonyl (C=O) groups excluding carboxylic acids is 1. The lowest BCUT2D eigenvalue weighted by Gasteiger charge is -2.15. The van der Waals surface area contributed by atoms with Crippen LogP contribution in [0.4, 0.5) is 13.2 Å². The Morgan fingerprint density at radius 2 is 2.04 bits per heavy atom. The van der Waals surface area contributed by atoms with Gasteiger partial charge in [-0.3, -0.25) is 0 Å². The monoisotopic (exact) mass is 338 g/mol. The highest BCUT2D eigenvalue weighted by molar-refractivity contribution is 5.90. The quantitative estimate of drug-likeness (QED) is 0.796. The van der Waals surface area contributed by atoms with Gasteiger partial charge in [-0.1, -0.05) is 6.07 Å². The number of aromatic nitrogens is 2. The van der Waals surface area contributed by atoms with Crippen molar-refractivity contribution in [2.75, 3.05) is 6.61 Å². The second kappa shape index (κ2) is 6.30. The van der Waals surface area contributed by atoms with Gasteiger partial charge in [0.2, 0.25) is 0 Å². The van der Waals surface area contributed by atoms with Gasteiger partial charge >= 0.3 is 12.1 Å². The Hall–Kier alpha value is -2.31. The van der Waals surface area contributed by atoms with Crippen molar-refractivity contribution >= 4 is 5.97 Å². The summed E-state index contributed by atoms with van der Waals surface area (Å²) in [5.74, 6) is -0.503. The van der Waals surface area contributed by atoms with Crippen LogP contribution in [0, 0.1) is 0 Å². The first kappa shape index (κ1) is 16.5. The molecular formula is C17H17F3N2O2. The highest BCUT2D eigenvalue weighted by Gasteiger charge is 2.39. The minimum Gasteiger partial charge on any atom is -0.462 e. The van der Waals surface area contributed by atoms with Crippen LogP contribution in [0.25, 0.3) is 5.69 Å². The van der Waals surface area contributed by atoms with E-state index in [1.165, 1.54) is 10.7 Å². The average molecular weight is 338 g/mol. The highest BCUT2D eigenvalue weighted by Crippen LogP contribution is 2.36. The molecule has 0 fully saturated rings. The number of rotatable bonds is 3. The van der Waals surface area contributed by atoms with Crippen LogP contribution in [0.3, 0.4) is 0 Å². The average Bonchev–Trinajstić information content (AvgIpc) is 2.95. The molecule has 7 heteroatoms. The van der Waals surface area contributed by atoms with Crippen molar-refractivity contribution in [3.05, 3.63) is 46.8 Å². The first-order chi connectivity index (χ1) is 11.4. The molecule has 2 aromatic rings. The molecule has 0 radical (unpaired) electrons. The molecule has 1 aliphatic carbocycles. The third-order valence-electron chi connectivity index (χ3n) is 4.05. The number of esters is 1. The normalized spacial score (nSPS) is 14.3. The van der Waals surface area contributed by atoms with Crippen molar-refractivity contribution in [2.45, 2.75) is 38.8 Å². The molecule has 1 aromatic heterocycles. The second-order valence-electron chi connectivity index (χ2n) is 5.66. The van der Waals surface area contributed by atoms with Crippen LogP contribution in [0.15, 0.2) is 24.3 Å². The summed E-state index contributed by atoms with van der Waals surface area (Å²) in [7, 11) is 0. The number of ether oxygens (including phenoxy) is 1. The molecule has 3 rings (SSSR count). The van der Waals surface area contributed by atoms with E-state index >= 15 is 0 Å². The summed E-state index contributed by atoms with van der Waals surface area (Å²) in [4.78, 5) is 11.8. The van der Waals surface area contributed by atoms with Gasteiger partial charge in [-0.05, 0) is 50.8 Å². The van der Waals surface area contributed by atoms with E-state index in [-0.39, 0.29) is 12.2 Å². The molecule has 0 saturated carbocycles. The summed E-state index contributed by atoms with van der Waals surface area (Å²) in [5, 5.41) is 3.82. The van der Waals surface area contributed by atoms with Gasteiger partial charge in [0.05, 0.1) is 17.9 Å². The summed E-state index contributed by atoms with van der Waals surface area (Å²) in [6.45, 7) is 1.93. The zero-order valence-corrected chi connectivity index (χ0v) is 13.2. The van der Waals surface area contributed by atoms with Crippen LogP contribution in [0.1, 0.15) is 47.1 Å². The Morgan fingerprint density at radius 3 is 2.75 bits per heavy atom. The number of hydrogen-bond acceptors (Lipinski definition) is 3. The fourth-order valence-corrected chi connectivity index (χ4v) is 3.02. The molecular weight excluding hydrogens is 321 g/mol. The lowest BCUT2D eigenvalue weighted by Crippen LogP contribution is -2.11. The van der Waals surface area contributed by atoms with E-state index in [1.54, 1.807) is 25.1 Å². The number of fused-ring (bicyclic) bond motifs is 1. The molecule has 0 N–H and O–H groups in total. The molecule has 0 saturated heterocycles. The first-order valence-electron chi connectivity index (χ1n) is 7.87. The Labute approximate surface area is 137 Å². The molecule has 0 bridgehead atoms. The lowest BCUT2D eigenvalue weighted by molar-refractivity contribution is -0.142. The largest absolute Gasteiger partial charge is 0.462 e. The first-order valence-corrected chi connectivity index (χ1v) is 7.87. The van der Waals surface area contributed by atoms with Gasteiger partial charge < -0.3 is 4.74 Å². The molecule has 1 aromatic carbocycles. The van der Waals surface area contributed by atoms with Crippen molar-refractivity contribution < 1.29 is 22.7 Å². The number of halogens is 3. The van der Waals surface area contributed by atoms with Gasteiger partial charge in [0, 0.05) is 11.3 Å². The van der Waals surface area contributed by atoms with Crippen molar-refractivity contribution in [3.8, 4) is 5.69 Å². The number of alkyl halides is 3. The van der Waals surface area contributed by atoms with Crippen molar-refractivity contribution in [3.63, 3.8) is 0 Å².